The largest absolute Gasteiger partial charge is 0.491 e. The fourth-order valence-corrected chi connectivity index (χ4v) is 5.13. The van der Waals surface area contributed by atoms with Crippen molar-refractivity contribution in [2.24, 2.45) is 0 Å². The van der Waals surface area contributed by atoms with E-state index in [1.165, 1.54) is 22.5 Å². The van der Waals surface area contributed by atoms with Crippen molar-refractivity contribution in [3.8, 4) is 11.5 Å². The number of sulfonamides is 1. The van der Waals surface area contributed by atoms with Crippen molar-refractivity contribution >= 4 is 33.2 Å². The number of hydrogen-bond acceptors (Lipinski definition) is 5. The van der Waals surface area contributed by atoms with E-state index in [2.05, 4.69) is 5.32 Å². The van der Waals surface area contributed by atoms with Crippen LogP contribution in [0.4, 0.5) is 5.69 Å². The van der Waals surface area contributed by atoms with Gasteiger partial charge in [0.2, 0.25) is 0 Å². The molecule has 3 aromatic carbocycles. The SMILES string of the molecule is Cc1ccccc1OCCNC(=O)[C@@H]1CN(S(=O)(=O)c2ccccc2)c2cc(Cl)ccc2O1. The molecule has 0 fully saturated rings. The van der Waals surface area contributed by atoms with Gasteiger partial charge in [-0.15, -0.1) is 0 Å². The van der Waals surface area contributed by atoms with E-state index in [0.717, 1.165) is 11.3 Å². The number of fused-ring (bicyclic) bond motifs is 1. The second-order valence-electron chi connectivity index (χ2n) is 7.47. The molecule has 3 aromatic rings. The van der Waals surface area contributed by atoms with Crippen LogP contribution in [0.3, 0.4) is 0 Å². The number of carbonyl (C=O) groups excluding carboxylic acids is 1. The summed E-state index contributed by atoms with van der Waals surface area (Å²) in [7, 11) is -3.93. The second-order valence-corrected chi connectivity index (χ2v) is 9.77. The number of aryl methyl sites for hydroxylation is 1. The van der Waals surface area contributed by atoms with E-state index in [1.54, 1.807) is 30.3 Å². The first-order valence-corrected chi connectivity index (χ1v) is 12.2. The summed E-state index contributed by atoms with van der Waals surface area (Å²) in [6, 6.07) is 20.3. The lowest BCUT2D eigenvalue weighted by atomic mass is 10.2. The summed E-state index contributed by atoms with van der Waals surface area (Å²) in [6.07, 6.45) is -1.03. The highest BCUT2D eigenvalue weighted by Crippen LogP contribution is 2.38. The highest BCUT2D eigenvalue weighted by atomic mass is 35.5. The van der Waals surface area contributed by atoms with Crippen molar-refractivity contribution in [3.05, 3.63) is 83.4 Å². The summed E-state index contributed by atoms with van der Waals surface area (Å²) in [5.74, 6) is 0.574. The summed E-state index contributed by atoms with van der Waals surface area (Å²) < 4.78 is 39.4. The lowest BCUT2D eigenvalue weighted by molar-refractivity contribution is -0.127. The van der Waals surface area contributed by atoms with Crippen molar-refractivity contribution in [1.82, 2.24) is 5.32 Å². The van der Waals surface area contributed by atoms with Crippen molar-refractivity contribution in [3.63, 3.8) is 0 Å². The van der Waals surface area contributed by atoms with Crippen molar-refractivity contribution in [2.75, 3.05) is 24.0 Å². The van der Waals surface area contributed by atoms with E-state index in [4.69, 9.17) is 21.1 Å². The molecule has 1 amide bonds. The smallest absolute Gasteiger partial charge is 0.264 e. The van der Waals surface area contributed by atoms with Gasteiger partial charge < -0.3 is 14.8 Å². The highest BCUT2D eigenvalue weighted by Gasteiger charge is 2.37. The van der Waals surface area contributed by atoms with E-state index < -0.39 is 22.0 Å². The monoisotopic (exact) mass is 486 g/mol. The first kappa shape index (κ1) is 22.9. The predicted octanol–water partition coefficient (Wildman–Crippen LogP) is 3.80. The normalized spacial score (nSPS) is 15.3. The molecule has 0 saturated heterocycles. The van der Waals surface area contributed by atoms with Crippen LogP contribution in [0, 0.1) is 6.92 Å². The molecule has 1 aliphatic heterocycles. The third kappa shape index (κ3) is 5.07. The van der Waals surface area contributed by atoms with Crippen LogP contribution in [-0.2, 0) is 14.8 Å². The summed E-state index contributed by atoms with van der Waals surface area (Å²) in [4.78, 5) is 12.9. The van der Waals surface area contributed by atoms with Gasteiger partial charge in [-0.1, -0.05) is 48.0 Å². The molecule has 7 nitrogen and oxygen atoms in total. The summed E-state index contributed by atoms with van der Waals surface area (Å²) in [6.45, 7) is 2.26. The van der Waals surface area contributed by atoms with Gasteiger partial charge in [0.25, 0.3) is 15.9 Å². The molecule has 0 spiro atoms. The maximum absolute atomic E-state index is 13.4. The van der Waals surface area contributed by atoms with Crippen LogP contribution in [0.25, 0.3) is 0 Å². The number of nitrogens with zero attached hydrogens (tertiary/aromatic N) is 1. The first-order chi connectivity index (χ1) is 15.9. The molecule has 1 heterocycles. The summed E-state index contributed by atoms with van der Waals surface area (Å²) in [5, 5.41) is 3.12. The Morgan fingerprint density at radius 3 is 2.61 bits per heavy atom. The van der Waals surface area contributed by atoms with Crippen LogP contribution < -0.4 is 19.1 Å². The Morgan fingerprint density at radius 1 is 1.12 bits per heavy atom. The minimum absolute atomic E-state index is 0.114. The van der Waals surface area contributed by atoms with E-state index in [1.807, 2.05) is 31.2 Å². The van der Waals surface area contributed by atoms with E-state index >= 15 is 0 Å². The third-order valence-corrected chi connectivity index (χ3v) is 7.20. The Bertz CT molecular complexity index is 1250. The Hall–Kier alpha value is -3.23. The summed E-state index contributed by atoms with van der Waals surface area (Å²) in [5.41, 5.74) is 1.29. The summed E-state index contributed by atoms with van der Waals surface area (Å²) >= 11 is 6.11. The highest BCUT2D eigenvalue weighted by molar-refractivity contribution is 7.92. The van der Waals surface area contributed by atoms with Crippen LogP contribution in [0.2, 0.25) is 5.02 Å². The van der Waals surface area contributed by atoms with Gasteiger partial charge in [-0.05, 0) is 48.9 Å². The minimum atomic E-state index is -3.93. The molecular formula is C24H23ClN2O5S. The molecule has 1 aliphatic rings. The molecule has 0 bridgehead atoms. The fourth-order valence-electron chi connectivity index (χ4n) is 3.48. The van der Waals surface area contributed by atoms with Crippen LogP contribution in [0.1, 0.15) is 5.56 Å². The number of amides is 1. The molecule has 4 rings (SSSR count). The Kier molecular flexibility index (Phi) is 6.76. The maximum atomic E-state index is 13.4. The van der Waals surface area contributed by atoms with Crippen LogP contribution in [0.5, 0.6) is 11.5 Å². The standard InChI is InChI=1S/C24H23ClN2O5S/c1-17-7-5-6-10-21(17)31-14-13-26-24(28)23-16-27(20-15-18(25)11-12-22(20)32-23)33(29,30)19-8-3-2-4-9-19/h2-12,15,23H,13-14,16H2,1H3,(H,26,28)/t23-/m0/s1. The van der Waals surface area contributed by atoms with Gasteiger partial charge in [0, 0.05) is 5.02 Å². The lowest BCUT2D eigenvalue weighted by Crippen LogP contribution is -2.51. The van der Waals surface area contributed by atoms with Gasteiger partial charge in [0.15, 0.2) is 6.10 Å². The first-order valence-electron chi connectivity index (χ1n) is 10.4. The van der Waals surface area contributed by atoms with Crippen LogP contribution in [0.15, 0.2) is 77.7 Å². The number of halogens is 1. The van der Waals surface area contributed by atoms with Crippen LogP contribution in [-0.4, -0.2) is 40.1 Å². The molecule has 0 aliphatic carbocycles. The number of ether oxygens (including phenoxy) is 2. The Balaban J connectivity index is 1.49. The van der Waals surface area contributed by atoms with Crippen LogP contribution >= 0.6 is 11.6 Å². The number of para-hydroxylation sites is 1. The molecule has 172 valence electrons. The molecule has 0 aromatic heterocycles. The number of hydrogen-bond donors (Lipinski definition) is 1. The number of rotatable bonds is 7. The van der Waals surface area contributed by atoms with Gasteiger partial charge >= 0.3 is 0 Å². The molecule has 0 saturated carbocycles. The van der Waals surface area contributed by atoms with Crippen molar-refractivity contribution in [1.29, 1.82) is 0 Å². The minimum Gasteiger partial charge on any atom is -0.491 e. The average Bonchev–Trinajstić information content (AvgIpc) is 2.82. The molecule has 1 N–H and O–H groups in total. The number of carbonyl (C=O) groups is 1. The van der Waals surface area contributed by atoms with Gasteiger partial charge in [0.1, 0.15) is 18.1 Å². The van der Waals surface area contributed by atoms with Crippen molar-refractivity contribution in [2.45, 2.75) is 17.9 Å². The van der Waals surface area contributed by atoms with E-state index in [-0.39, 0.29) is 30.3 Å². The zero-order chi connectivity index (χ0) is 23.4. The van der Waals surface area contributed by atoms with E-state index in [0.29, 0.717) is 10.7 Å². The second kappa shape index (κ2) is 9.72. The predicted molar refractivity (Wildman–Crippen MR) is 127 cm³/mol. The topological polar surface area (TPSA) is 84.9 Å². The zero-order valence-corrected chi connectivity index (χ0v) is 19.5. The Morgan fingerprint density at radius 2 is 1.85 bits per heavy atom. The van der Waals surface area contributed by atoms with Gasteiger partial charge in [-0.25, -0.2) is 8.42 Å². The number of nitrogens with one attached hydrogen (secondary N) is 1. The molecular weight excluding hydrogens is 464 g/mol. The Labute approximate surface area is 197 Å². The molecule has 9 heteroatoms. The molecule has 33 heavy (non-hydrogen) atoms. The average molecular weight is 487 g/mol. The molecule has 1 atom stereocenters. The maximum Gasteiger partial charge on any atom is 0.264 e. The van der Waals surface area contributed by atoms with Gasteiger partial charge in [-0.3, -0.25) is 9.10 Å². The van der Waals surface area contributed by atoms with Gasteiger partial charge in [0.05, 0.1) is 23.7 Å². The van der Waals surface area contributed by atoms with Gasteiger partial charge in [-0.2, -0.15) is 0 Å². The lowest BCUT2D eigenvalue weighted by Gasteiger charge is -2.34. The van der Waals surface area contributed by atoms with E-state index in [9.17, 15) is 13.2 Å². The molecule has 0 unspecified atom stereocenters. The fraction of sp³-hybridized carbons (Fsp3) is 0.208. The third-order valence-electron chi connectivity index (χ3n) is 5.17. The zero-order valence-electron chi connectivity index (χ0n) is 17.9. The quantitative estimate of drug-likeness (QED) is 0.513. The van der Waals surface area contributed by atoms with Crippen molar-refractivity contribution < 1.29 is 22.7 Å². The number of benzene rings is 3. The molecule has 0 radical (unpaired) electrons. The number of anilines is 1.